The quantitative estimate of drug-likeness (QED) is 0.488. The van der Waals surface area contributed by atoms with Crippen molar-refractivity contribution in [1.29, 1.82) is 0 Å². The molecular formula is C23H19N3O3. The zero-order valence-electron chi connectivity index (χ0n) is 16.1. The van der Waals surface area contributed by atoms with Gasteiger partial charge in [-0.25, -0.2) is 4.98 Å². The Kier molecular flexibility index (Phi) is 5.07. The Morgan fingerprint density at radius 3 is 2.38 bits per heavy atom. The molecule has 3 aromatic carbocycles. The summed E-state index contributed by atoms with van der Waals surface area (Å²) >= 11 is 0. The highest BCUT2D eigenvalue weighted by molar-refractivity contribution is 5.82. The number of fused-ring (bicyclic) bond motifs is 1. The van der Waals surface area contributed by atoms with Gasteiger partial charge in [0.25, 0.3) is 5.56 Å². The van der Waals surface area contributed by atoms with Gasteiger partial charge >= 0.3 is 0 Å². The van der Waals surface area contributed by atoms with Gasteiger partial charge in [0.2, 0.25) is 0 Å². The van der Waals surface area contributed by atoms with E-state index in [1.807, 2.05) is 54.6 Å². The maximum atomic E-state index is 13.1. The monoisotopic (exact) mass is 385 g/mol. The van der Waals surface area contributed by atoms with E-state index < -0.39 is 0 Å². The molecule has 144 valence electrons. The number of benzene rings is 3. The van der Waals surface area contributed by atoms with Gasteiger partial charge in [-0.1, -0.05) is 42.5 Å². The lowest BCUT2D eigenvalue weighted by Gasteiger charge is -2.10. The summed E-state index contributed by atoms with van der Waals surface area (Å²) < 4.78 is 11.9. The lowest BCUT2D eigenvalue weighted by molar-refractivity contribution is 0.355. The van der Waals surface area contributed by atoms with Gasteiger partial charge in [-0.3, -0.25) is 4.79 Å². The minimum Gasteiger partial charge on any atom is -0.493 e. The van der Waals surface area contributed by atoms with Crippen molar-refractivity contribution in [2.75, 3.05) is 14.2 Å². The van der Waals surface area contributed by atoms with Gasteiger partial charge in [0.15, 0.2) is 17.3 Å². The minimum atomic E-state index is -0.230. The van der Waals surface area contributed by atoms with Gasteiger partial charge in [0, 0.05) is 5.56 Å². The van der Waals surface area contributed by atoms with Crippen LogP contribution in [0.2, 0.25) is 0 Å². The Morgan fingerprint density at radius 2 is 1.62 bits per heavy atom. The largest absolute Gasteiger partial charge is 0.493 e. The zero-order chi connectivity index (χ0) is 20.2. The second kappa shape index (κ2) is 7.98. The van der Waals surface area contributed by atoms with Crippen LogP contribution in [0.5, 0.6) is 11.5 Å². The van der Waals surface area contributed by atoms with E-state index in [2.05, 4.69) is 10.1 Å². The third-order valence-corrected chi connectivity index (χ3v) is 4.52. The van der Waals surface area contributed by atoms with E-state index >= 15 is 0 Å². The van der Waals surface area contributed by atoms with E-state index in [1.54, 1.807) is 38.6 Å². The fourth-order valence-corrected chi connectivity index (χ4v) is 3.06. The van der Waals surface area contributed by atoms with E-state index in [1.165, 1.54) is 4.68 Å². The molecule has 0 aliphatic heterocycles. The van der Waals surface area contributed by atoms with Gasteiger partial charge in [-0.15, -0.1) is 0 Å². The number of ether oxygens (including phenoxy) is 2. The van der Waals surface area contributed by atoms with Crippen LogP contribution in [0, 0.1) is 0 Å². The van der Waals surface area contributed by atoms with Gasteiger partial charge in [-0.05, 0) is 35.9 Å². The third-order valence-electron chi connectivity index (χ3n) is 4.52. The first-order chi connectivity index (χ1) is 14.2. The molecule has 0 aliphatic rings. The average Bonchev–Trinajstić information content (AvgIpc) is 2.78. The van der Waals surface area contributed by atoms with Crippen LogP contribution in [-0.2, 0) is 0 Å². The molecular weight excluding hydrogens is 366 g/mol. The molecule has 0 saturated heterocycles. The summed E-state index contributed by atoms with van der Waals surface area (Å²) in [5.41, 5.74) is 1.97. The number of aromatic nitrogens is 2. The third kappa shape index (κ3) is 3.60. The van der Waals surface area contributed by atoms with Crippen LogP contribution in [0.4, 0.5) is 0 Å². The van der Waals surface area contributed by atoms with Crippen molar-refractivity contribution in [3.8, 4) is 22.9 Å². The molecule has 0 radical (unpaired) electrons. The predicted molar refractivity (Wildman–Crippen MR) is 114 cm³/mol. The van der Waals surface area contributed by atoms with Gasteiger partial charge < -0.3 is 9.47 Å². The lowest BCUT2D eigenvalue weighted by Crippen LogP contribution is -2.20. The number of para-hydroxylation sites is 1. The SMILES string of the molecule is COc1ccc(/C=N/n2c(-c3ccccc3)nc3ccccc3c2=O)cc1OC. The van der Waals surface area contributed by atoms with Crippen LogP contribution in [0.1, 0.15) is 5.56 Å². The molecule has 0 amide bonds. The summed E-state index contributed by atoms with van der Waals surface area (Å²) in [5.74, 6) is 1.69. The summed E-state index contributed by atoms with van der Waals surface area (Å²) in [7, 11) is 3.15. The van der Waals surface area contributed by atoms with Crippen molar-refractivity contribution >= 4 is 17.1 Å². The van der Waals surface area contributed by atoms with E-state index in [9.17, 15) is 4.79 Å². The molecule has 1 aromatic heterocycles. The molecule has 4 aromatic rings. The van der Waals surface area contributed by atoms with Gasteiger partial charge in [0.1, 0.15) is 0 Å². The fourth-order valence-electron chi connectivity index (χ4n) is 3.06. The molecule has 6 nitrogen and oxygen atoms in total. The summed E-state index contributed by atoms with van der Waals surface area (Å²) in [6.45, 7) is 0. The molecule has 0 unspecified atom stereocenters. The second-order valence-corrected chi connectivity index (χ2v) is 6.29. The van der Waals surface area contributed by atoms with E-state index in [-0.39, 0.29) is 5.56 Å². The molecule has 4 rings (SSSR count). The summed E-state index contributed by atoms with van der Waals surface area (Å²) in [6, 6.07) is 22.2. The van der Waals surface area contributed by atoms with Gasteiger partial charge in [-0.2, -0.15) is 9.78 Å². The van der Waals surface area contributed by atoms with E-state index in [0.717, 1.165) is 11.1 Å². The van der Waals surface area contributed by atoms with Crippen molar-refractivity contribution in [2.24, 2.45) is 5.10 Å². The number of rotatable bonds is 5. The molecule has 0 bridgehead atoms. The molecule has 0 saturated carbocycles. The smallest absolute Gasteiger partial charge is 0.282 e. The van der Waals surface area contributed by atoms with Crippen molar-refractivity contribution < 1.29 is 9.47 Å². The van der Waals surface area contributed by atoms with Crippen LogP contribution in [0.15, 0.2) is 82.7 Å². The number of hydrogen-bond donors (Lipinski definition) is 0. The van der Waals surface area contributed by atoms with Crippen LogP contribution in [0.3, 0.4) is 0 Å². The Bertz CT molecular complexity index is 1250. The molecule has 0 N–H and O–H groups in total. The van der Waals surface area contributed by atoms with Crippen LogP contribution < -0.4 is 15.0 Å². The normalized spacial score (nSPS) is 11.1. The van der Waals surface area contributed by atoms with Crippen molar-refractivity contribution in [1.82, 2.24) is 9.66 Å². The predicted octanol–water partition coefficient (Wildman–Crippen LogP) is 3.96. The molecule has 0 fully saturated rings. The molecule has 0 atom stereocenters. The molecule has 29 heavy (non-hydrogen) atoms. The number of methoxy groups -OCH3 is 2. The minimum absolute atomic E-state index is 0.230. The Labute approximate surface area is 167 Å². The Hall–Kier alpha value is -3.93. The highest BCUT2D eigenvalue weighted by Crippen LogP contribution is 2.27. The standard InChI is InChI=1S/C23H19N3O3/c1-28-20-13-12-16(14-21(20)29-2)15-24-26-22(17-8-4-3-5-9-17)25-19-11-7-6-10-18(19)23(26)27/h3-15H,1-2H3/b24-15+. The zero-order valence-corrected chi connectivity index (χ0v) is 16.1. The summed E-state index contributed by atoms with van der Waals surface area (Å²) in [5, 5.41) is 4.96. The first-order valence-electron chi connectivity index (χ1n) is 9.05. The van der Waals surface area contributed by atoms with Crippen molar-refractivity contribution in [3.63, 3.8) is 0 Å². The molecule has 0 aliphatic carbocycles. The van der Waals surface area contributed by atoms with E-state index in [4.69, 9.17) is 9.47 Å². The van der Waals surface area contributed by atoms with Gasteiger partial charge in [0.05, 0.1) is 31.3 Å². The van der Waals surface area contributed by atoms with Crippen LogP contribution in [-0.4, -0.2) is 30.1 Å². The second-order valence-electron chi connectivity index (χ2n) is 6.29. The first kappa shape index (κ1) is 18.4. The first-order valence-corrected chi connectivity index (χ1v) is 9.05. The Balaban J connectivity index is 1.87. The van der Waals surface area contributed by atoms with Crippen LogP contribution >= 0.6 is 0 Å². The lowest BCUT2D eigenvalue weighted by atomic mass is 10.2. The number of nitrogens with zero attached hydrogens (tertiary/aromatic N) is 3. The van der Waals surface area contributed by atoms with Crippen molar-refractivity contribution in [2.45, 2.75) is 0 Å². The maximum Gasteiger partial charge on any atom is 0.282 e. The summed E-state index contributed by atoms with van der Waals surface area (Å²) in [4.78, 5) is 17.8. The number of hydrogen-bond acceptors (Lipinski definition) is 5. The van der Waals surface area contributed by atoms with Crippen LogP contribution in [0.25, 0.3) is 22.3 Å². The maximum absolute atomic E-state index is 13.1. The fraction of sp³-hybridized carbons (Fsp3) is 0.0870. The van der Waals surface area contributed by atoms with Crippen molar-refractivity contribution in [3.05, 3.63) is 88.7 Å². The highest BCUT2D eigenvalue weighted by atomic mass is 16.5. The van der Waals surface area contributed by atoms with E-state index in [0.29, 0.717) is 28.2 Å². The topological polar surface area (TPSA) is 65.7 Å². The average molecular weight is 385 g/mol. The Morgan fingerprint density at radius 1 is 0.897 bits per heavy atom. The molecule has 6 heteroatoms. The highest BCUT2D eigenvalue weighted by Gasteiger charge is 2.12. The summed E-state index contributed by atoms with van der Waals surface area (Å²) in [6.07, 6.45) is 1.60. The molecule has 0 spiro atoms. The molecule has 1 heterocycles.